The molecule has 47 heavy (non-hydrogen) atoms. The van der Waals surface area contributed by atoms with E-state index in [0.717, 1.165) is 11.1 Å². The van der Waals surface area contributed by atoms with Gasteiger partial charge in [-0.1, -0.05) is 88.4 Å². The number of hydrogen-bond donors (Lipinski definition) is 4. The quantitative estimate of drug-likeness (QED) is 0.190. The van der Waals surface area contributed by atoms with Crippen molar-refractivity contribution in [3.63, 3.8) is 0 Å². The summed E-state index contributed by atoms with van der Waals surface area (Å²) >= 11 is 0. The topological polar surface area (TPSA) is 146 Å². The molecule has 4 atom stereocenters. The van der Waals surface area contributed by atoms with E-state index in [9.17, 15) is 24.3 Å². The van der Waals surface area contributed by atoms with E-state index in [1.54, 1.807) is 20.8 Å². The van der Waals surface area contributed by atoms with Gasteiger partial charge in [0.25, 0.3) is 0 Å². The molecule has 0 fully saturated rings. The zero-order chi connectivity index (χ0) is 35.1. The van der Waals surface area contributed by atoms with Crippen molar-refractivity contribution in [2.45, 2.75) is 104 Å². The number of ether oxygens (including phenoxy) is 2. The average molecular weight is 655 g/mol. The summed E-state index contributed by atoms with van der Waals surface area (Å²) in [6.45, 7) is 12.9. The number of hydrogen-bond acceptors (Lipinski definition) is 7. The second-order valence-electron chi connectivity index (χ2n) is 13.7. The van der Waals surface area contributed by atoms with Crippen LogP contribution in [0.1, 0.15) is 72.4 Å². The van der Waals surface area contributed by atoms with Crippen molar-refractivity contribution in [2.75, 3.05) is 13.7 Å². The van der Waals surface area contributed by atoms with E-state index in [4.69, 9.17) is 9.47 Å². The van der Waals surface area contributed by atoms with Gasteiger partial charge in [0.05, 0.1) is 25.8 Å². The van der Waals surface area contributed by atoms with Gasteiger partial charge in [-0.15, -0.1) is 0 Å². The van der Waals surface area contributed by atoms with E-state index in [1.165, 1.54) is 12.0 Å². The summed E-state index contributed by atoms with van der Waals surface area (Å²) in [6, 6.07) is 15.5. The standard InChI is InChI=1S/C36H54N4O7/c1-24(2)19-29(32(42)37-30(20-25(3)4)33(43)46-8)38-34(44)40(22-27-17-13-10-14-18-27)23-31(41)28(21-26-15-11-9-12-16-26)39-35(45)47-36(5,6)7/h9-18,24-25,28-31,41H,19-23H2,1-8H3,(H,37,42)(H,38,44)(H,39,45)/t28-,29-,30-,31-/m1/s1. The first-order chi connectivity index (χ1) is 22.1. The number of aliphatic hydroxyl groups is 1. The Morgan fingerprint density at radius 1 is 0.787 bits per heavy atom. The zero-order valence-corrected chi connectivity index (χ0v) is 29.1. The maximum Gasteiger partial charge on any atom is 0.407 e. The summed E-state index contributed by atoms with van der Waals surface area (Å²) in [5, 5.41) is 20.0. The minimum Gasteiger partial charge on any atom is -0.467 e. The van der Waals surface area contributed by atoms with Gasteiger partial charge in [-0.25, -0.2) is 14.4 Å². The van der Waals surface area contributed by atoms with Crippen LogP contribution in [0, 0.1) is 11.8 Å². The number of nitrogens with zero attached hydrogens (tertiary/aromatic N) is 1. The number of benzene rings is 2. The lowest BCUT2D eigenvalue weighted by Gasteiger charge is -2.32. The number of methoxy groups -OCH3 is 1. The van der Waals surface area contributed by atoms with Crippen molar-refractivity contribution < 1.29 is 33.8 Å². The molecule has 2 rings (SSSR count). The molecule has 2 aromatic carbocycles. The molecule has 11 heteroatoms. The predicted molar refractivity (Wildman–Crippen MR) is 181 cm³/mol. The highest BCUT2D eigenvalue weighted by Gasteiger charge is 2.32. The second kappa shape index (κ2) is 18.9. The molecule has 0 aliphatic heterocycles. The molecule has 260 valence electrons. The molecule has 0 spiro atoms. The Morgan fingerprint density at radius 3 is 1.83 bits per heavy atom. The van der Waals surface area contributed by atoms with E-state index in [-0.39, 0.29) is 31.3 Å². The molecule has 4 N–H and O–H groups in total. The number of carbonyl (C=O) groups excluding carboxylic acids is 4. The highest BCUT2D eigenvalue weighted by atomic mass is 16.6. The molecular formula is C36H54N4O7. The normalized spacial score (nSPS) is 14.0. The number of aliphatic hydroxyl groups excluding tert-OH is 1. The third-order valence-corrected chi connectivity index (χ3v) is 7.21. The first-order valence-electron chi connectivity index (χ1n) is 16.3. The Hall–Kier alpha value is -4.12. The summed E-state index contributed by atoms with van der Waals surface area (Å²) < 4.78 is 10.4. The van der Waals surface area contributed by atoms with Crippen LogP contribution in [0.2, 0.25) is 0 Å². The van der Waals surface area contributed by atoms with Crippen molar-refractivity contribution in [3.05, 3.63) is 71.8 Å². The minimum atomic E-state index is -1.20. The Labute approximate surface area is 279 Å². The number of urea groups is 1. The molecule has 0 aromatic heterocycles. The van der Waals surface area contributed by atoms with Crippen molar-refractivity contribution in [1.82, 2.24) is 20.9 Å². The van der Waals surface area contributed by atoms with Crippen LogP contribution in [-0.4, -0.2) is 77.5 Å². The van der Waals surface area contributed by atoms with Crippen molar-refractivity contribution in [2.24, 2.45) is 11.8 Å². The predicted octanol–water partition coefficient (Wildman–Crippen LogP) is 4.81. The summed E-state index contributed by atoms with van der Waals surface area (Å²) in [4.78, 5) is 54.1. The summed E-state index contributed by atoms with van der Waals surface area (Å²) in [7, 11) is 1.27. The fourth-order valence-electron chi connectivity index (χ4n) is 5.03. The fourth-order valence-corrected chi connectivity index (χ4v) is 5.03. The molecule has 0 saturated heterocycles. The van der Waals surface area contributed by atoms with Crippen LogP contribution < -0.4 is 16.0 Å². The van der Waals surface area contributed by atoms with Gasteiger partial charge in [0.1, 0.15) is 17.7 Å². The second-order valence-corrected chi connectivity index (χ2v) is 13.7. The van der Waals surface area contributed by atoms with Gasteiger partial charge < -0.3 is 35.4 Å². The molecule has 0 bridgehead atoms. The van der Waals surface area contributed by atoms with Crippen molar-refractivity contribution in [3.8, 4) is 0 Å². The van der Waals surface area contributed by atoms with Crippen LogP contribution in [0.5, 0.6) is 0 Å². The Morgan fingerprint density at radius 2 is 1.32 bits per heavy atom. The van der Waals surface area contributed by atoms with E-state index >= 15 is 0 Å². The van der Waals surface area contributed by atoms with Gasteiger partial charge in [-0.3, -0.25) is 4.79 Å². The third-order valence-electron chi connectivity index (χ3n) is 7.21. The van der Waals surface area contributed by atoms with Crippen molar-refractivity contribution >= 4 is 24.0 Å². The first-order valence-corrected chi connectivity index (χ1v) is 16.3. The van der Waals surface area contributed by atoms with Crippen LogP contribution in [0.25, 0.3) is 0 Å². The van der Waals surface area contributed by atoms with Crippen molar-refractivity contribution in [1.29, 1.82) is 0 Å². The lowest BCUT2D eigenvalue weighted by molar-refractivity contribution is -0.145. The van der Waals surface area contributed by atoms with Gasteiger partial charge in [0.15, 0.2) is 0 Å². The fraction of sp³-hybridized carbons (Fsp3) is 0.556. The highest BCUT2D eigenvalue weighted by molar-refractivity contribution is 5.90. The Kier molecular flexibility index (Phi) is 15.7. The SMILES string of the molecule is COC(=O)[C@@H](CC(C)C)NC(=O)[C@@H](CC(C)C)NC(=O)N(Cc1ccccc1)C[C@@H](O)[C@@H](Cc1ccccc1)NC(=O)OC(C)(C)C. The molecule has 11 nitrogen and oxygen atoms in total. The molecule has 0 saturated carbocycles. The molecule has 4 amide bonds. The highest BCUT2D eigenvalue weighted by Crippen LogP contribution is 2.15. The molecule has 0 aliphatic carbocycles. The molecule has 2 aromatic rings. The lowest BCUT2D eigenvalue weighted by atomic mass is 10.00. The number of alkyl carbamates (subject to hydrolysis) is 1. The summed E-state index contributed by atoms with van der Waals surface area (Å²) in [5.74, 6) is -0.915. The van der Waals surface area contributed by atoms with Crippen LogP contribution in [0.15, 0.2) is 60.7 Å². The van der Waals surface area contributed by atoms with E-state index in [0.29, 0.717) is 12.8 Å². The maximum absolute atomic E-state index is 13.9. The number of esters is 1. The Bertz CT molecular complexity index is 1270. The van der Waals surface area contributed by atoms with Gasteiger partial charge in [-0.05, 0) is 63.0 Å². The van der Waals surface area contributed by atoms with Gasteiger partial charge in [0.2, 0.25) is 5.91 Å². The molecule has 0 heterocycles. The monoisotopic (exact) mass is 654 g/mol. The van der Waals surface area contributed by atoms with E-state index < -0.39 is 53.8 Å². The van der Waals surface area contributed by atoms with Gasteiger partial charge in [0, 0.05) is 6.54 Å². The average Bonchev–Trinajstić information content (AvgIpc) is 2.98. The Balaban J connectivity index is 2.36. The van der Waals surface area contributed by atoms with Crippen LogP contribution in [0.3, 0.4) is 0 Å². The molecule has 0 unspecified atom stereocenters. The number of rotatable bonds is 16. The summed E-state index contributed by atoms with van der Waals surface area (Å²) in [5.41, 5.74) is 0.934. The minimum absolute atomic E-state index is 0.0363. The lowest BCUT2D eigenvalue weighted by Crippen LogP contribution is -2.57. The molecular weight excluding hydrogens is 600 g/mol. The van der Waals surface area contributed by atoms with E-state index in [2.05, 4.69) is 16.0 Å². The number of nitrogens with one attached hydrogen (secondary N) is 3. The molecule has 0 radical (unpaired) electrons. The smallest absolute Gasteiger partial charge is 0.407 e. The molecule has 0 aliphatic rings. The third kappa shape index (κ3) is 14.9. The zero-order valence-electron chi connectivity index (χ0n) is 29.1. The van der Waals surface area contributed by atoms with Crippen LogP contribution in [-0.2, 0) is 32.0 Å². The number of carbonyl (C=O) groups is 4. The number of amides is 4. The largest absolute Gasteiger partial charge is 0.467 e. The van der Waals surface area contributed by atoms with Gasteiger partial charge >= 0.3 is 18.1 Å². The van der Waals surface area contributed by atoms with Crippen LogP contribution in [0.4, 0.5) is 9.59 Å². The van der Waals surface area contributed by atoms with Crippen LogP contribution >= 0.6 is 0 Å². The van der Waals surface area contributed by atoms with Gasteiger partial charge in [-0.2, -0.15) is 0 Å². The summed E-state index contributed by atoms with van der Waals surface area (Å²) in [6.07, 6.45) is -0.923. The maximum atomic E-state index is 13.9. The first kappa shape index (κ1) is 39.1. The van der Waals surface area contributed by atoms with E-state index in [1.807, 2.05) is 88.4 Å².